The summed E-state index contributed by atoms with van der Waals surface area (Å²) in [6.45, 7) is 2.23. The normalized spacial score (nSPS) is 18.6. The van der Waals surface area contributed by atoms with Gasteiger partial charge in [0, 0.05) is 23.7 Å². The number of aliphatic hydroxyl groups is 1. The summed E-state index contributed by atoms with van der Waals surface area (Å²) in [5, 5.41) is 15.4. The van der Waals surface area contributed by atoms with Gasteiger partial charge in [-0.2, -0.15) is 5.10 Å². The van der Waals surface area contributed by atoms with E-state index in [1.54, 1.807) is 46.8 Å². The Balaban J connectivity index is 1.59. The van der Waals surface area contributed by atoms with Crippen molar-refractivity contribution in [2.45, 2.75) is 25.5 Å². The first-order chi connectivity index (χ1) is 15.4. The van der Waals surface area contributed by atoms with E-state index in [4.69, 9.17) is 9.72 Å². The molecular formula is C23H20F2N4O3. The lowest BCUT2D eigenvalue weighted by atomic mass is 10.0. The standard InChI is InChI=1S/C23H20F2N4O3/c1-2-32-23(31)13-3-6-19-17(9-13)22-26-21(7-8-29(22)27-19)28-12-15(30)11-20(28)16-10-14(24)4-5-18(16)25/h3-10,15,20,30H,2,11-12H2,1H3/t15-,20?/m0/s1. The number of β-amino-alcohol motifs (C(OH)–C–C–N with tert-alkyl or cyclic N) is 1. The Bertz CT molecular complexity index is 1340. The Morgan fingerprint density at radius 1 is 1.22 bits per heavy atom. The maximum atomic E-state index is 14.5. The van der Waals surface area contributed by atoms with Crippen molar-refractivity contribution in [3.05, 3.63) is 71.4 Å². The van der Waals surface area contributed by atoms with Crippen LogP contribution in [0.15, 0.2) is 48.7 Å². The summed E-state index contributed by atoms with van der Waals surface area (Å²) in [6, 6.07) is 9.50. The first kappa shape index (κ1) is 20.3. The maximum absolute atomic E-state index is 14.5. The number of aromatic nitrogens is 3. The van der Waals surface area contributed by atoms with Crippen molar-refractivity contribution < 1.29 is 23.4 Å². The number of anilines is 1. The average Bonchev–Trinajstić information content (AvgIpc) is 3.35. The lowest BCUT2D eigenvalue weighted by Crippen LogP contribution is -2.26. The third kappa shape index (κ3) is 3.44. The average molecular weight is 438 g/mol. The zero-order chi connectivity index (χ0) is 22.4. The third-order valence-corrected chi connectivity index (χ3v) is 5.66. The van der Waals surface area contributed by atoms with Gasteiger partial charge in [0.05, 0.1) is 29.8 Å². The molecule has 1 fully saturated rings. The van der Waals surface area contributed by atoms with Crippen LogP contribution in [0.2, 0.25) is 0 Å². The number of hydrogen-bond acceptors (Lipinski definition) is 6. The summed E-state index contributed by atoms with van der Waals surface area (Å²) in [7, 11) is 0. The fraction of sp³-hybridized carbons (Fsp3) is 0.261. The second-order valence-corrected chi connectivity index (χ2v) is 7.73. The molecule has 1 saturated heterocycles. The monoisotopic (exact) mass is 438 g/mol. The van der Waals surface area contributed by atoms with Crippen LogP contribution in [0.1, 0.15) is 35.3 Å². The molecular weight excluding hydrogens is 418 g/mol. The van der Waals surface area contributed by atoms with E-state index in [0.29, 0.717) is 27.9 Å². The van der Waals surface area contributed by atoms with Gasteiger partial charge in [0.25, 0.3) is 0 Å². The van der Waals surface area contributed by atoms with E-state index in [1.807, 2.05) is 0 Å². The fourth-order valence-electron chi connectivity index (χ4n) is 4.22. The SMILES string of the molecule is CCOC(=O)c1ccc2nn3ccc(N4C[C@@H](O)CC4c4cc(F)ccc4F)nc3c2c1. The molecule has 0 radical (unpaired) electrons. The summed E-state index contributed by atoms with van der Waals surface area (Å²) in [6.07, 6.45) is 1.25. The van der Waals surface area contributed by atoms with Crippen LogP contribution in [-0.2, 0) is 4.74 Å². The molecule has 0 amide bonds. The van der Waals surface area contributed by atoms with Gasteiger partial charge in [-0.1, -0.05) is 0 Å². The molecule has 1 unspecified atom stereocenters. The summed E-state index contributed by atoms with van der Waals surface area (Å²) in [5.41, 5.74) is 1.71. The van der Waals surface area contributed by atoms with Gasteiger partial charge in [0.1, 0.15) is 17.5 Å². The van der Waals surface area contributed by atoms with Gasteiger partial charge in [-0.15, -0.1) is 0 Å². The summed E-state index contributed by atoms with van der Waals surface area (Å²) >= 11 is 0. The van der Waals surface area contributed by atoms with E-state index in [-0.39, 0.29) is 25.1 Å². The number of esters is 1. The predicted molar refractivity (Wildman–Crippen MR) is 114 cm³/mol. The van der Waals surface area contributed by atoms with Gasteiger partial charge < -0.3 is 14.7 Å². The molecule has 2 aromatic heterocycles. The quantitative estimate of drug-likeness (QED) is 0.490. The van der Waals surface area contributed by atoms with Crippen LogP contribution in [-0.4, -0.2) is 44.9 Å². The molecule has 7 nitrogen and oxygen atoms in total. The molecule has 3 heterocycles. The Morgan fingerprint density at radius 2 is 2.06 bits per heavy atom. The second kappa shape index (κ2) is 7.83. The van der Waals surface area contributed by atoms with Crippen molar-refractivity contribution >= 4 is 28.3 Å². The van der Waals surface area contributed by atoms with E-state index in [0.717, 1.165) is 18.2 Å². The molecule has 9 heteroatoms. The van der Waals surface area contributed by atoms with Gasteiger partial charge in [0.2, 0.25) is 0 Å². The Labute approximate surface area is 181 Å². The van der Waals surface area contributed by atoms with Crippen molar-refractivity contribution in [2.75, 3.05) is 18.1 Å². The number of benzene rings is 2. The molecule has 1 aliphatic rings. The molecule has 32 heavy (non-hydrogen) atoms. The van der Waals surface area contributed by atoms with Crippen LogP contribution in [0.3, 0.4) is 0 Å². The summed E-state index contributed by atoms with van der Waals surface area (Å²) < 4.78 is 35.0. The lowest BCUT2D eigenvalue weighted by molar-refractivity contribution is 0.0526. The van der Waals surface area contributed by atoms with Crippen molar-refractivity contribution in [1.82, 2.24) is 14.6 Å². The lowest BCUT2D eigenvalue weighted by Gasteiger charge is -2.26. The van der Waals surface area contributed by atoms with Crippen LogP contribution >= 0.6 is 0 Å². The molecule has 1 N–H and O–H groups in total. The molecule has 5 rings (SSSR count). The Morgan fingerprint density at radius 3 is 2.88 bits per heavy atom. The van der Waals surface area contributed by atoms with Gasteiger partial charge >= 0.3 is 5.97 Å². The van der Waals surface area contributed by atoms with Gasteiger partial charge in [-0.3, -0.25) is 0 Å². The van der Waals surface area contributed by atoms with Gasteiger partial charge in [-0.05, 0) is 55.8 Å². The third-order valence-electron chi connectivity index (χ3n) is 5.66. The van der Waals surface area contributed by atoms with Crippen molar-refractivity contribution in [3.8, 4) is 0 Å². The van der Waals surface area contributed by atoms with Crippen LogP contribution < -0.4 is 4.90 Å². The van der Waals surface area contributed by atoms with Crippen molar-refractivity contribution in [3.63, 3.8) is 0 Å². The minimum Gasteiger partial charge on any atom is -0.462 e. The highest BCUT2D eigenvalue weighted by Gasteiger charge is 2.35. The summed E-state index contributed by atoms with van der Waals surface area (Å²) in [5.74, 6) is -1.02. The van der Waals surface area contributed by atoms with Crippen LogP contribution in [0.4, 0.5) is 14.6 Å². The highest BCUT2D eigenvalue weighted by molar-refractivity contribution is 5.99. The fourth-order valence-corrected chi connectivity index (χ4v) is 4.22. The summed E-state index contributed by atoms with van der Waals surface area (Å²) in [4.78, 5) is 18.6. The number of ether oxygens (including phenoxy) is 1. The highest BCUT2D eigenvalue weighted by atomic mass is 19.1. The Hall–Kier alpha value is -3.59. The Kier molecular flexibility index (Phi) is 4.97. The number of halogens is 2. The van der Waals surface area contributed by atoms with E-state index in [9.17, 15) is 18.7 Å². The molecule has 164 valence electrons. The van der Waals surface area contributed by atoms with E-state index < -0.39 is 29.7 Å². The smallest absolute Gasteiger partial charge is 0.338 e. The molecule has 0 bridgehead atoms. The minimum atomic E-state index is -0.710. The molecule has 2 atom stereocenters. The minimum absolute atomic E-state index is 0.172. The second-order valence-electron chi connectivity index (χ2n) is 7.73. The van der Waals surface area contributed by atoms with Crippen LogP contribution in [0.5, 0.6) is 0 Å². The van der Waals surface area contributed by atoms with Crippen LogP contribution in [0.25, 0.3) is 16.6 Å². The molecule has 1 aliphatic heterocycles. The molecule has 0 aliphatic carbocycles. The van der Waals surface area contributed by atoms with Gasteiger partial charge in [0.15, 0.2) is 5.65 Å². The zero-order valence-electron chi connectivity index (χ0n) is 17.2. The van der Waals surface area contributed by atoms with E-state index in [1.165, 1.54) is 0 Å². The molecule has 2 aromatic carbocycles. The van der Waals surface area contributed by atoms with Crippen LogP contribution in [0, 0.1) is 11.6 Å². The van der Waals surface area contributed by atoms with E-state index >= 15 is 0 Å². The van der Waals surface area contributed by atoms with Crippen molar-refractivity contribution in [2.24, 2.45) is 0 Å². The molecule has 0 spiro atoms. The highest BCUT2D eigenvalue weighted by Crippen LogP contribution is 2.37. The number of carbonyl (C=O) groups excluding carboxylic acids is 1. The number of fused-ring (bicyclic) bond motifs is 3. The van der Waals surface area contributed by atoms with Gasteiger partial charge in [-0.25, -0.2) is 23.1 Å². The number of nitrogens with zero attached hydrogens (tertiary/aromatic N) is 4. The number of rotatable bonds is 4. The molecule has 4 aromatic rings. The largest absolute Gasteiger partial charge is 0.462 e. The zero-order valence-corrected chi connectivity index (χ0v) is 17.2. The number of hydrogen-bond donors (Lipinski definition) is 1. The first-order valence-electron chi connectivity index (χ1n) is 10.3. The first-order valence-corrected chi connectivity index (χ1v) is 10.3. The maximum Gasteiger partial charge on any atom is 0.338 e. The van der Waals surface area contributed by atoms with E-state index in [2.05, 4.69) is 5.10 Å². The topological polar surface area (TPSA) is 80.0 Å². The van der Waals surface area contributed by atoms with Crippen molar-refractivity contribution in [1.29, 1.82) is 0 Å². The molecule has 0 saturated carbocycles. The number of carbonyl (C=O) groups is 1. The predicted octanol–water partition coefficient (Wildman–Crippen LogP) is 3.65. The number of aliphatic hydroxyl groups excluding tert-OH is 1.